The van der Waals surface area contributed by atoms with E-state index in [-0.39, 0.29) is 5.91 Å². The zero-order chi connectivity index (χ0) is 14.7. The number of fused-ring (bicyclic) bond motifs is 1. The largest absolute Gasteiger partial charge is 0.382 e. The Bertz CT molecular complexity index is 649. The van der Waals surface area contributed by atoms with Crippen LogP contribution < -0.4 is 16.0 Å². The summed E-state index contributed by atoms with van der Waals surface area (Å²) in [4.78, 5) is 12.3. The number of carbonyl (C=O) groups is 1. The van der Waals surface area contributed by atoms with Gasteiger partial charge in [0.25, 0.3) is 5.91 Å². The number of nitrogens with one attached hydrogen (secondary N) is 3. The molecule has 2 aromatic rings. The number of rotatable bonds is 4. The van der Waals surface area contributed by atoms with Gasteiger partial charge in [-0.05, 0) is 24.6 Å². The first-order valence-corrected chi connectivity index (χ1v) is 7.12. The Labute approximate surface area is 123 Å². The molecule has 0 atom stereocenters. The Morgan fingerprint density at radius 1 is 1.38 bits per heavy atom. The van der Waals surface area contributed by atoms with Gasteiger partial charge in [-0.2, -0.15) is 5.10 Å². The molecule has 1 aromatic carbocycles. The fraction of sp³-hybridized carbons (Fsp3) is 0.333. The Kier molecular flexibility index (Phi) is 3.77. The van der Waals surface area contributed by atoms with E-state index in [9.17, 15) is 4.79 Å². The van der Waals surface area contributed by atoms with E-state index < -0.39 is 0 Å². The molecule has 0 saturated carbocycles. The molecule has 1 aromatic heterocycles. The second-order valence-electron chi connectivity index (χ2n) is 5.12. The summed E-state index contributed by atoms with van der Waals surface area (Å²) < 4.78 is 1.83. The zero-order valence-corrected chi connectivity index (χ0v) is 12.0. The molecule has 0 fully saturated rings. The van der Waals surface area contributed by atoms with Gasteiger partial charge in [-0.25, -0.2) is 0 Å². The van der Waals surface area contributed by atoms with E-state index in [1.165, 1.54) is 0 Å². The molecule has 2 heterocycles. The van der Waals surface area contributed by atoms with Crippen molar-refractivity contribution in [1.29, 1.82) is 0 Å². The van der Waals surface area contributed by atoms with Crippen molar-refractivity contribution < 1.29 is 4.79 Å². The average molecular weight is 285 g/mol. The smallest absolute Gasteiger partial charge is 0.253 e. The molecule has 110 valence electrons. The molecule has 0 saturated heterocycles. The van der Waals surface area contributed by atoms with Gasteiger partial charge in [-0.1, -0.05) is 6.07 Å². The molecule has 1 aliphatic heterocycles. The van der Waals surface area contributed by atoms with Crippen molar-refractivity contribution in [2.75, 3.05) is 30.3 Å². The lowest BCUT2D eigenvalue weighted by molar-refractivity contribution is 0.0952. The normalized spacial score (nSPS) is 13.0. The van der Waals surface area contributed by atoms with Crippen molar-refractivity contribution in [2.45, 2.75) is 13.5 Å². The molecule has 21 heavy (non-hydrogen) atoms. The lowest BCUT2D eigenvalue weighted by Gasteiger charge is -2.22. The topological polar surface area (TPSA) is 71.0 Å². The number of aryl methyl sites for hydroxylation is 1. The van der Waals surface area contributed by atoms with Crippen LogP contribution in [0.4, 0.5) is 11.4 Å². The maximum Gasteiger partial charge on any atom is 0.253 e. The second kappa shape index (κ2) is 5.87. The van der Waals surface area contributed by atoms with Crippen molar-refractivity contribution in [3.8, 4) is 0 Å². The Hall–Kier alpha value is -2.50. The predicted molar refractivity (Wildman–Crippen MR) is 82.7 cm³/mol. The summed E-state index contributed by atoms with van der Waals surface area (Å²) in [5.41, 5.74) is 3.66. The van der Waals surface area contributed by atoms with Crippen LogP contribution in [0.2, 0.25) is 0 Å². The molecule has 6 nitrogen and oxygen atoms in total. The van der Waals surface area contributed by atoms with E-state index in [0.29, 0.717) is 18.7 Å². The molecule has 0 radical (unpaired) electrons. The predicted octanol–water partition coefficient (Wildman–Crippen LogP) is 1.46. The number of hydrogen-bond acceptors (Lipinski definition) is 4. The maximum absolute atomic E-state index is 12.3. The highest BCUT2D eigenvalue weighted by atomic mass is 16.1. The summed E-state index contributed by atoms with van der Waals surface area (Å²) in [6.45, 7) is 4.91. The van der Waals surface area contributed by atoms with Gasteiger partial charge in [0.05, 0.1) is 29.7 Å². The molecule has 1 amide bonds. The van der Waals surface area contributed by atoms with Gasteiger partial charge in [-0.3, -0.25) is 9.48 Å². The third-order valence-electron chi connectivity index (χ3n) is 3.44. The van der Waals surface area contributed by atoms with E-state index in [2.05, 4.69) is 21.0 Å². The quantitative estimate of drug-likeness (QED) is 0.795. The maximum atomic E-state index is 12.3. The number of nitrogens with zero attached hydrogens (tertiary/aromatic N) is 2. The van der Waals surface area contributed by atoms with Gasteiger partial charge in [0.1, 0.15) is 0 Å². The first-order chi connectivity index (χ1) is 10.2. The first-order valence-electron chi connectivity index (χ1n) is 7.12. The van der Waals surface area contributed by atoms with Crippen molar-refractivity contribution in [3.63, 3.8) is 0 Å². The van der Waals surface area contributed by atoms with Crippen molar-refractivity contribution >= 4 is 17.3 Å². The number of para-hydroxylation sites is 1. The van der Waals surface area contributed by atoms with Crippen molar-refractivity contribution in [3.05, 3.63) is 41.7 Å². The van der Waals surface area contributed by atoms with Crippen LogP contribution in [0.3, 0.4) is 0 Å². The van der Waals surface area contributed by atoms with Crippen LogP contribution in [0.1, 0.15) is 15.9 Å². The van der Waals surface area contributed by atoms with Gasteiger partial charge < -0.3 is 16.0 Å². The van der Waals surface area contributed by atoms with E-state index in [1.54, 1.807) is 0 Å². The standard InChI is InChI=1S/C15H19N5O/c1-11-9-19-20(10-11)8-7-18-15(21)12-3-2-4-13-14(12)17-6-5-16-13/h2-4,9-10,16-17H,5-8H2,1H3,(H,18,21). The van der Waals surface area contributed by atoms with Gasteiger partial charge in [0, 0.05) is 25.8 Å². The summed E-state index contributed by atoms with van der Waals surface area (Å²) in [6, 6.07) is 5.71. The van der Waals surface area contributed by atoms with Crippen LogP contribution in [-0.2, 0) is 6.54 Å². The van der Waals surface area contributed by atoms with E-state index in [4.69, 9.17) is 0 Å². The van der Waals surface area contributed by atoms with Crippen LogP contribution in [-0.4, -0.2) is 35.3 Å². The van der Waals surface area contributed by atoms with Crippen molar-refractivity contribution in [1.82, 2.24) is 15.1 Å². The van der Waals surface area contributed by atoms with Crippen LogP contribution in [0.5, 0.6) is 0 Å². The summed E-state index contributed by atoms with van der Waals surface area (Å²) in [7, 11) is 0. The summed E-state index contributed by atoms with van der Waals surface area (Å²) in [5.74, 6) is -0.0630. The minimum absolute atomic E-state index is 0.0630. The van der Waals surface area contributed by atoms with Crippen LogP contribution in [0.25, 0.3) is 0 Å². The molecule has 3 rings (SSSR count). The number of benzene rings is 1. The summed E-state index contributed by atoms with van der Waals surface area (Å²) in [6.07, 6.45) is 3.77. The van der Waals surface area contributed by atoms with E-state index >= 15 is 0 Å². The number of aromatic nitrogens is 2. The van der Waals surface area contributed by atoms with Crippen LogP contribution >= 0.6 is 0 Å². The molecule has 1 aliphatic rings. The minimum Gasteiger partial charge on any atom is -0.382 e. The molecule has 3 N–H and O–H groups in total. The SMILES string of the molecule is Cc1cnn(CCNC(=O)c2cccc3c2NCCN3)c1. The number of carbonyl (C=O) groups excluding carboxylic acids is 1. The average Bonchev–Trinajstić information content (AvgIpc) is 2.92. The third-order valence-corrected chi connectivity index (χ3v) is 3.44. The monoisotopic (exact) mass is 285 g/mol. The number of hydrogen-bond donors (Lipinski definition) is 3. The number of anilines is 2. The van der Waals surface area contributed by atoms with E-state index in [1.807, 2.05) is 42.2 Å². The third kappa shape index (κ3) is 2.99. The molecule has 0 aliphatic carbocycles. The van der Waals surface area contributed by atoms with Gasteiger partial charge >= 0.3 is 0 Å². The fourth-order valence-electron chi connectivity index (χ4n) is 2.43. The molecular weight excluding hydrogens is 266 g/mol. The highest BCUT2D eigenvalue weighted by Crippen LogP contribution is 2.28. The first kappa shape index (κ1) is 13.5. The highest BCUT2D eigenvalue weighted by molar-refractivity contribution is 6.02. The second-order valence-corrected chi connectivity index (χ2v) is 5.12. The lowest BCUT2D eigenvalue weighted by atomic mass is 10.1. The minimum atomic E-state index is -0.0630. The van der Waals surface area contributed by atoms with Crippen molar-refractivity contribution in [2.24, 2.45) is 0 Å². The Morgan fingerprint density at radius 2 is 2.24 bits per heavy atom. The number of amides is 1. The Balaban J connectivity index is 1.63. The lowest BCUT2D eigenvalue weighted by Crippen LogP contribution is -2.30. The van der Waals surface area contributed by atoms with Gasteiger partial charge in [0.15, 0.2) is 0 Å². The van der Waals surface area contributed by atoms with Crippen LogP contribution in [0.15, 0.2) is 30.6 Å². The fourth-order valence-corrected chi connectivity index (χ4v) is 2.43. The molecular formula is C15H19N5O. The molecule has 6 heteroatoms. The zero-order valence-electron chi connectivity index (χ0n) is 12.0. The molecule has 0 unspecified atom stereocenters. The summed E-state index contributed by atoms with van der Waals surface area (Å²) in [5, 5.41) is 13.7. The molecule has 0 bridgehead atoms. The highest BCUT2D eigenvalue weighted by Gasteiger charge is 2.16. The van der Waals surface area contributed by atoms with Gasteiger partial charge in [0.2, 0.25) is 0 Å². The van der Waals surface area contributed by atoms with E-state index in [0.717, 1.165) is 30.0 Å². The molecule has 0 spiro atoms. The Morgan fingerprint density at radius 3 is 3.05 bits per heavy atom. The van der Waals surface area contributed by atoms with Gasteiger partial charge in [-0.15, -0.1) is 0 Å². The van der Waals surface area contributed by atoms with Crippen LogP contribution in [0, 0.1) is 6.92 Å². The summed E-state index contributed by atoms with van der Waals surface area (Å²) >= 11 is 0.